The molecule has 4 N–H and O–H groups in total. The summed E-state index contributed by atoms with van der Waals surface area (Å²) in [5.41, 5.74) is 1.57. The molecule has 0 saturated carbocycles. The van der Waals surface area contributed by atoms with Crippen molar-refractivity contribution in [3.63, 3.8) is 0 Å². The Kier molecular flexibility index (Phi) is 11.5. The molecule has 11 heteroatoms. The van der Waals surface area contributed by atoms with Gasteiger partial charge in [0.25, 0.3) is 0 Å². The number of methoxy groups -OCH3 is 1. The van der Waals surface area contributed by atoms with Crippen LogP contribution >= 0.6 is 22.6 Å². The van der Waals surface area contributed by atoms with Crippen molar-refractivity contribution in [2.75, 3.05) is 20.3 Å². The van der Waals surface area contributed by atoms with E-state index in [-0.39, 0.29) is 50.6 Å². The van der Waals surface area contributed by atoms with Gasteiger partial charge in [0.2, 0.25) is 11.8 Å². The number of aliphatic hydroxyl groups excluding tert-OH is 3. The lowest BCUT2D eigenvalue weighted by Gasteiger charge is -2.40. The second-order valence-corrected chi connectivity index (χ2v) is 10.3. The fourth-order valence-electron chi connectivity index (χ4n) is 4.43. The largest absolute Gasteiger partial charge is 0.493 e. The van der Waals surface area contributed by atoms with Crippen molar-refractivity contribution in [2.45, 2.75) is 57.6 Å². The SMILES string of the molecule is CCCC(=O)N(Cc1ccc(F)cc1)C1CC(C(=O)NCCO)=CC(Oc2c(I)cc(CO)cc2OC)C1O. The number of rotatable bonds is 12. The predicted molar refractivity (Wildman–Crippen MR) is 150 cm³/mol. The molecule has 0 saturated heterocycles. The molecule has 2 aromatic carbocycles. The summed E-state index contributed by atoms with van der Waals surface area (Å²) >= 11 is 2.04. The number of amides is 2. The Hall–Kier alpha value is -2.74. The first-order valence-electron chi connectivity index (χ1n) is 12.7. The number of nitrogens with zero attached hydrogens (tertiary/aromatic N) is 1. The number of carbonyl (C=O) groups excluding carboxylic acids is 2. The Morgan fingerprint density at radius 2 is 1.90 bits per heavy atom. The first kappa shape index (κ1) is 30.8. The molecule has 2 amide bonds. The van der Waals surface area contributed by atoms with Crippen molar-refractivity contribution in [1.29, 1.82) is 0 Å². The van der Waals surface area contributed by atoms with Gasteiger partial charge in [-0.3, -0.25) is 9.59 Å². The lowest BCUT2D eigenvalue weighted by molar-refractivity contribution is -0.139. The fraction of sp³-hybridized carbons (Fsp3) is 0.429. The maximum Gasteiger partial charge on any atom is 0.247 e. The maximum atomic E-state index is 13.5. The van der Waals surface area contributed by atoms with E-state index in [2.05, 4.69) is 5.32 Å². The van der Waals surface area contributed by atoms with Gasteiger partial charge in [-0.05, 0) is 70.5 Å². The molecule has 9 nitrogen and oxygen atoms in total. The summed E-state index contributed by atoms with van der Waals surface area (Å²) < 4.78 is 25.8. The molecule has 0 bridgehead atoms. The van der Waals surface area contributed by atoms with Crippen molar-refractivity contribution in [1.82, 2.24) is 10.2 Å². The summed E-state index contributed by atoms with van der Waals surface area (Å²) in [6, 6.07) is 8.26. The Balaban J connectivity index is 2.02. The molecule has 3 rings (SSSR count). The van der Waals surface area contributed by atoms with Crippen molar-refractivity contribution in [3.05, 3.63) is 68.6 Å². The Morgan fingerprint density at radius 1 is 1.18 bits per heavy atom. The van der Waals surface area contributed by atoms with Gasteiger partial charge in [0.1, 0.15) is 18.0 Å². The molecule has 3 unspecified atom stereocenters. The predicted octanol–water partition coefficient (Wildman–Crippen LogP) is 2.68. The van der Waals surface area contributed by atoms with Gasteiger partial charge in [-0.15, -0.1) is 0 Å². The highest BCUT2D eigenvalue weighted by Gasteiger charge is 2.40. The number of carbonyl (C=O) groups is 2. The zero-order chi connectivity index (χ0) is 28.5. The molecule has 2 aromatic rings. The quantitative estimate of drug-likeness (QED) is 0.259. The highest BCUT2D eigenvalue weighted by molar-refractivity contribution is 14.1. The van der Waals surface area contributed by atoms with Gasteiger partial charge in [-0.2, -0.15) is 0 Å². The van der Waals surface area contributed by atoms with Crippen LogP contribution in [0.5, 0.6) is 11.5 Å². The Morgan fingerprint density at radius 3 is 2.51 bits per heavy atom. The van der Waals surface area contributed by atoms with Crippen LogP contribution in [0.1, 0.15) is 37.3 Å². The smallest absolute Gasteiger partial charge is 0.247 e. The molecule has 1 aliphatic rings. The molecule has 0 fully saturated rings. The number of nitrogens with one attached hydrogen (secondary N) is 1. The number of aliphatic hydroxyl groups is 3. The van der Waals surface area contributed by atoms with Crippen LogP contribution in [0.2, 0.25) is 0 Å². The fourth-order valence-corrected chi connectivity index (χ4v) is 5.22. The topological polar surface area (TPSA) is 129 Å². The van der Waals surface area contributed by atoms with E-state index in [1.807, 2.05) is 29.5 Å². The van der Waals surface area contributed by atoms with Gasteiger partial charge in [0, 0.05) is 31.5 Å². The van der Waals surface area contributed by atoms with Crippen LogP contribution in [0, 0.1) is 9.39 Å². The number of halogens is 2. The number of hydrogen-bond donors (Lipinski definition) is 4. The second kappa shape index (κ2) is 14.6. The van der Waals surface area contributed by atoms with Gasteiger partial charge in [-0.25, -0.2) is 4.39 Å². The van der Waals surface area contributed by atoms with Gasteiger partial charge in [0.15, 0.2) is 11.5 Å². The lowest BCUT2D eigenvalue weighted by Crippen LogP contribution is -2.54. The van der Waals surface area contributed by atoms with Crippen LogP contribution < -0.4 is 14.8 Å². The van der Waals surface area contributed by atoms with Gasteiger partial charge < -0.3 is 35.0 Å². The number of hydrogen-bond acceptors (Lipinski definition) is 7. The molecule has 0 heterocycles. The molecule has 0 radical (unpaired) electrons. The van der Waals surface area contributed by atoms with Crippen LogP contribution in [0.25, 0.3) is 0 Å². The van der Waals surface area contributed by atoms with Crippen molar-refractivity contribution in [3.8, 4) is 11.5 Å². The van der Waals surface area contributed by atoms with E-state index in [0.717, 1.165) is 0 Å². The van der Waals surface area contributed by atoms with Gasteiger partial charge in [-0.1, -0.05) is 19.1 Å². The first-order valence-corrected chi connectivity index (χ1v) is 13.8. The normalized spacial score (nSPS) is 18.7. The van der Waals surface area contributed by atoms with E-state index in [4.69, 9.17) is 9.47 Å². The molecule has 0 spiro atoms. The number of ether oxygens (including phenoxy) is 2. The third kappa shape index (κ3) is 7.90. The first-order chi connectivity index (χ1) is 18.7. The Bertz CT molecular complexity index is 1180. The highest BCUT2D eigenvalue weighted by Crippen LogP contribution is 2.37. The number of benzene rings is 2. The molecule has 0 aliphatic heterocycles. The average Bonchev–Trinajstić information content (AvgIpc) is 2.93. The van der Waals surface area contributed by atoms with E-state index in [0.29, 0.717) is 32.6 Å². The third-order valence-electron chi connectivity index (χ3n) is 6.39. The van der Waals surface area contributed by atoms with Gasteiger partial charge >= 0.3 is 0 Å². The minimum Gasteiger partial charge on any atom is -0.493 e. The van der Waals surface area contributed by atoms with E-state index in [1.54, 1.807) is 24.3 Å². The van der Waals surface area contributed by atoms with E-state index >= 15 is 0 Å². The van der Waals surface area contributed by atoms with Crippen LogP contribution in [0.15, 0.2) is 48.0 Å². The molecule has 1 aliphatic carbocycles. The zero-order valence-corrected chi connectivity index (χ0v) is 24.1. The summed E-state index contributed by atoms with van der Waals surface area (Å²) in [6.45, 7) is 1.56. The minimum absolute atomic E-state index is 0.0390. The summed E-state index contributed by atoms with van der Waals surface area (Å²) in [5.74, 6) is -0.419. The molecular formula is C28H34FIN2O7. The van der Waals surface area contributed by atoms with Crippen LogP contribution in [-0.2, 0) is 22.7 Å². The monoisotopic (exact) mass is 656 g/mol. The van der Waals surface area contributed by atoms with Crippen LogP contribution in [0.3, 0.4) is 0 Å². The Labute approximate surface area is 240 Å². The maximum absolute atomic E-state index is 13.5. The van der Waals surface area contributed by atoms with Crippen LogP contribution in [-0.4, -0.2) is 70.5 Å². The van der Waals surface area contributed by atoms with Crippen molar-refractivity contribution in [2.24, 2.45) is 0 Å². The van der Waals surface area contributed by atoms with Gasteiger partial charge in [0.05, 0.1) is 29.9 Å². The summed E-state index contributed by atoms with van der Waals surface area (Å²) in [7, 11) is 1.46. The van der Waals surface area contributed by atoms with E-state index in [9.17, 15) is 29.3 Å². The highest BCUT2D eigenvalue weighted by atomic mass is 127. The molecule has 39 heavy (non-hydrogen) atoms. The van der Waals surface area contributed by atoms with Crippen LogP contribution in [0.4, 0.5) is 4.39 Å². The molecule has 0 aromatic heterocycles. The van der Waals surface area contributed by atoms with Crippen molar-refractivity contribution >= 4 is 34.4 Å². The standard InChI is InChI=1S/C28H34FIN2O7/c1-3-4-25(35)32(15-17-5-7-20(29)8-6-17)22-13-19(28(37)31-9-10-33)14-23(26(22)36)39-27-21(30)11-18(16-34)12-24(27)38-2/h5-8,11-12,14,22-23,26,33-34,36H,3-4,9-10,13,15-16H2,1-2H3,(H,31,37). The minimum atomic E-state index is -1.22. The average molecular weight is 656 g/mol. The second-order valence-electron chi connectivity index (χ2n) is 9.18. The van der Waals surface area contributed by atoms with E-state index < -0.39 is 30.0 Å². The lowest BCUT2D eigenvalue weighted by atomic mass is 9.87. The molecule has 3 atom stereocenters. The van der Waals surface area contributed by atoms with E-state index in [1.165, 1.54) is 30.2 Å². The molecular weight excluding hydrogens is 622 g/mol. The summed E-state index contributed by atoms with van der Waals surface area (Å²) in [6.07, 6.45) is 0.106. The van der Waals surface area contributed by atoms with Crippen molar-refractivity contribution < 1.29 is 38.8 Å². The summed E-state index contributed by atoms with van der Waals surface area (Å²) in [4.78, 5) is 27.8. The zero-order valence-electron chi connectivity index (χ0n) is 21.9. The third-order valence-corrected chi connectivity index (χ3v) is 7.19. The molecule has 212 valence electrons. The summed E-state index contributed by atoms with van der Waals surface area (Å²) in [5, 5.41) is 32.9.